The molecule has 0 unspecified atom stereocenters. The second-order valence-corrected chi connectivity index (χ2v) is 6.03. The topological polar surface area (TPSA) is 64.3 Å². The lowest BCUT2D eigenvalue weighted by Crippen LogP contribution is -2.10. The van der Waals surface area contributed by atoms with Crippen LogP contribution in [-0.2, 0) is 10.0 Å². The van der Waals surface area contributed by atoms with E-state index in [0.717, 1.165) is 0 Å². The molecule has 0 fully saturated rings. The summed E-state index contributed by atoms with van der Waals surface area (Å²) in [6.45, 7) is 0. The molecule has 2 aromatic rings. The lowest BCUT2D eigenvalue weighted by Gasteiger charge is -1.96. The molecule has 0 saturated carbocycles. The first-order valence-corrected chi connectivity index (χ1v) is 6.91. The molecule has 0 N–H and O–H groups in total. The van der Waals surface area contributed by atoms with E-state index in [-0.39, 0.29) is 4.90 Å². The Balaban J connectivity index is 2.26. The molecule has 0 radical (unpaired) electrons. The van der Waals surface area contributed by atoms with Gasteiger partial charge in [-0.15, -0.1) is 15.7 Å². The standard InChI is InChI=1S/C8H4ClN3O2S2/c9-5-3-10-12(4-5)8-7-6(1-2-15-7)16(13,14)11-8/h1-4H. The second kappa shape index (κ2) is 3.16. The van der Waals surface area contributed by atoms with Crippen molar-refractivity contribution in [1.29, 1.82) is 0 Å². The van der Waals surface area contributed by atoms with Gasteiger partial charge in [0.25, 0.3) is 10.0 Å². The van der Waals surface area contributed by atoms with Gasteiger partial charge in [-0.3, -0.25) is 0 Å². The highest BCUT2D eigenvalue weighted by molar-refractivity contribution is 7.91. The van der Waals surface area contributed by atoms with Gasteiger partial charge in [0.2, 0.25) is 0 Å². The highest BCUT2D eigenvalue weighted by Gasteiger charge is 2.31. The largest absolute Gasteiger partial charge is 0.285 e. The van der Waals surface area contributed by atoms with Gasteiger partial charge in [0.15, 0.2) is 5.84 Å². The van der Waals surface area contributed by atoms with E-state index >= 15 is 0 Å². The molecule has 3 rings (SSSR count). The van der Waals surface area contributed by atoms with E-state index in [0.29, 0.717) is 15.7 Å². The van der Waals surface area contributed by atoms with E-state index < -0.39 is 10.0 Å². The number of thiophene rings is 1. The molecule has 0 aromatic carbocycles. The third-order valence-electron chi connectivity index (χ3n) is 2.08. The minimum atomic E-state index is -3.56. The van der Waals surface area contributed by atoms with Crippen molar-refractivity contribution in [3.8, 4) is 0 Å². The number of aromatic nitrogens is 2. The Hall–Kier alpha value is -1.18. The van der Waals surface area contributed by atoms with Crippen LogP contribution in [0, 0.1) is 0 Å². The Labute approximate surface area is 100 Å². The van der Waals surface area contributed by atoms with Gasteiger partial charge in [-0.25, -0.2) is 4.68 Å². The first kappa shape index (κ1) is 10.0. The van der Waals surface area contributed by atoms with Crippen molar-refractivity contribution < 1.29 is 8.42 Å². The molecule has 3 heterocycles. The van der Waals surface area contributed by atoms with Crippen LogP contribution in [0.1, 0.15) is 4.88 Å². The summed E-state index contributed by atoms with van der Waals surface area (Å²) in [6, 6.07) is 1.54. The van der Waals surface area contributed by atoms with Gasteiger partial charge in [-0.05, 0) is 11.4 Å². The molecular formula is C8H4ClN3O2S2. The van der Waals surface area contributed by atoms with Crippen LogP contribution < -0.4 is 0 Å². The van der Waals surface area contributed by atoms with Crippen molar-refractivity contribution in [2.45, 2.75) is 4.90 Å². The molecule has 1 aliphatic rings. The minimum absolute atomic E-state index is 0.235. The molecule has 0 bridgehead atoms. The predicted molar refractivity (Wildman–Crippen MR) is 60.7 cm³/mol. The van der Waals surface area contributed by atoms with Gasteiger partial charge in [0.05, 0.1) is 22.3 Å². The smallest absolute Gasteiger partial charge is 0.219 e. The zero-order chi connectivity index (χ0) is 11.3. The summed E-state index contributed by atoms with van der Waals surface area (Å²) < 4.78 is 28.3. The highest BCUT2D eigenvalue weighted by Crippen LogP contribution is 2.31. The predicted octanol–water partition coefficient (Wildman–Crippen LogP) is 1.60. The van der Waals surface area contributed by atoms with Crippen molar-refractivity contribution in [1.82, 2.24) is 9.78 Å². The van der Waals surface area contributed by atoms with Crippen molar-refractivity contribution in [3.63, 3.8) is 0 Å². The first-order chi connectivity index (χ1) is 7.58. The van der Waals surface area contributed by atoms with Crippen molar-refractivity contribution >= 4 is 38.8 Å². The van der Waals surface area contributed by atoms with E-state index in [9.17, 15) is 8.42 Å². The van der Waals surface area contributed by atoms with Gasteiger partial charge in [-0.2, -0.15) is 13.5 Å². The molecule has 16 heavy (non-hydrogen) atoms. The lowest BCUT2D eigenvalue weighted by atomic mass is 10.4. The van der Waals surface area contributed by atoms with Crippen LogP contribution in [0.15, 0.2) is 33.1 Å². The van der Waals surface area contributed by atoms with E-state index in [1.165, 1.54) is 34.5 Å². The van der Waals surface area contributed by atoms with Crippen LogP contribution in [0.2, 0.25) is 5.02 Å². The summed E-state index contributed by atoms with van der Waals surface area (Å²) in [5.41, 5.74) is 0. The maximum Gasteiger partial charge on any atom is 0.285 e. The lowest BCUT2D eigenvalue weighted by molar-refractivity contribution is 0.599. The van der Waals surface area contributed by atoms with Gasteiger partial charge in [0, 0.05) is 0 Å². The van der Waals surface area contributed by atoms with Crippen LogP contribution in [0.25, 0.3) is 0 Å². The van der Waals surface area contributed by atoms with Gasteiger partial charge >= 0.3 is 0 Å². The number of hydrogen-bond donors (Lipinski definition) is 0. The van der Waals surface area contributed by atoms with Crippen molar-refractivity contribution in [3.05, 3.63) is 33.7 Å². The van der Waals surface area contributed by atoms with Gasteiger partial charge < -0.3 is 0 Å². The summed E-state index contributed by atoms with van der Waals surface area (Å²) in [5.74, 6) is 0.303. The van der Waals surface area contributed by atoms with Crippen LogP contribution in [0.5, 0.6) is 0 Å². The van der Waals surface area contributed by atoms with Crippen LogP contribution in [-0.4, -0.2) is 24.0 Å². The summed E-state index contributed by atoms with van der Waals surface area (Å²) in [5, 5.41) is 6.08. The zero-order valence-electron chi connectivity index (χ0n) is 7.66. The fourth-order valence-corrected chi connectivity index (χ4v) is 4.01. The fourth-order valence-electron chi connectivity index (χ4n) is 1.43. The summed E-state index contributed by atoms with van der Waals surface area (Å²) in [4.78, 5) is 0.832. The number of halogens is 1. The highest BCUT2D eigenvalue weighted by atomic mass is 35.5. The first-order valence-electron chi connectivity index (χ1n) is 4.21. The maximum atomic E-state index is 11.6. The van der Waals surface area contributed by atoms with E-state index in [1.54, 1.807) is 5.38 Å². The quantitative estimate of drug-likeness (QED) is 0.732. The molecule has 5 nitrogen and oxygen atoms in total. The Morgan fingerprint density at radius 2 is 2.25 bits per heavy atom. The summed E-state index contributed by atoms with van der Waals surface area (Å²) >= 11 is 7.04. The number of sulfonamides is 1. The Morgan fingerprint density at radius 1 is 1.44 bits per heavy atom. The molecule has 0 aliphatic carbocycles. The summed E-state index contributed by atoms with van der Waals surface area (Å²) in [7, 11) is -3.56. The Kier molecular flexibility index (Phi) is 1.97. The number of fused-ring (bicyclic) bond motifs is 1. The number of hydrogen-bond acceptors (Lipinski definition) is 4. The van der Waals surface area contributed by atoms with Crippen LogP contribution in [0.4, 0.5) is 0 Å². The molecule has 1 aliphatic heterocycles. The number of rotatable bonds is 0. The van der Waals surface area contributed by atoms with Crippen LogP contribution in [0.3, 0.4) is 0 Å². The van der Waals surface area contributed by atoms with Crippen LogP contribution >= 0.6 is 22.9 Å². The van der Waals surface area contributed by atoms with Gasteiger partial charge in [-0.1, -0.05) is 11.6 Å². The maximum absolute atomic E-state index is 11.6. The molecule has 0 atom stereocenters. The molecule has 2 aromatic heterocycles. The monoisotopic (exact) mass is 273 g/mol. The van der Waals surface area contributed by atoms with E-state index in [4.69, 9.17) is 11.6 Å². The Morgan fingerprint density at radius 3 is 2.94 bits per heavy atom. The molecule has 8 heteroatoms. The third kappa shape index (κ3) is 1.32. The third-order valence-corrected chi connectivity index (χ3v) is 4.63. The van der Waals surface area contributed by atoms with Gasteiger partial charge in [0.1, 0.15) is 4.90 Å². The summed E-state index contributed by atoms with van der Waals surface area (Å²) in [6.07, 6.45) is 2.95. The normalized spacial score (nSPS) is 17.2. The molecular weight excluding hydrogens is 270 g/mol. The average Bonchev–Trinajstić information content (AvgIpc) is 2.85. The fraction of sp³-hybridized carbons (Fsp3) is 0. The molecule has 0 spiro atoms. The number of nitrogens with zero attached hydrogens (tertiary/aromatic N) is 3. The zero-order valence-corrected chi connectivity index (χ0v) is 10.1. The SMILES string of the molecule is O=S1(=O)N=C(n2cc(Cl)cn2)c2sccc21. The average molecular weight is 274 g/mol. The van der Waals surface area contributed by atoms with Crippen molar-refractivity contribution in [2.24, 2.45) is 4.40 Å². The minimum Gasteiger partial charge on any atom is -0.219 e. The second-order valence-electron chi connectivity index (χ2n) is 3.11. The molecule has 0 amide bonds. The Bertz CT molecular complexity index is 698. The van der Waals surface area contributed by atoms with E-state index in [2.05, 4.69) is 9.50 Å². The molecule has 0 saturated heterocycles. The van der Waals surface area contributed by atoms with E-state index in [1.807, 2.05) is 0 Å². The molecule has 82 valence electrons. The van der Waals surface area contributed by atoms with Crippen molar-refractivity contribution in [2.75, 3.05) is 0 Å².